The Morgan fingerprint density at radius 1 is 1.14 bits per heavy atom. The minimum Gasteiger partial charge on any atom is -0.385 e. The molecule has 2 aromatic rings. The minimum atomic E-state index is -3.77. The second-order valence-electron chi connectivity index (χ2n) is 4.97. The van der Waals surface area contributed by atoms with Gasteiger partial charge in [0.1, 0.15) is 5.82 Å². The topological polar surface area (TPSA) is 58.2 Å². The standard InChI is InChI=1S/C15H15FN2O2S/c16-12-4-1-5-14(10-12)21(19,20)18-13-6-7-15-11(9-13)3-2-8-17-15/h1,4-7,9-10,17-18H,2-3,8H2. The summed E-state index contributed by atoms with van der Waals surface area (Å²) in [6.45, 7) is 0.932. The molecule has 0 aromatic heterocycles. The molecular formula is C15H15FN2O2S. The largest absolute Gasteiger partial charge is 0.385 e. The maximum atomic E-state index is 13.2. The van der Waals surface area contributed by atoms with Crippen molar-refractivity contribution in [1.29, 1.82) is 0 Å². The van der Waals surface area contributed by atoms with Crippen LogP contribution in [0, 0.1) is 5.82 Å². The van der Waals surface area contributed by atoms with Gasteiger partial charge in [-0.1, -0.05) is 6.07 Å². The molecule has 2 aromatic carbocycles. The number of nitrogens with one attached hydrogen (secondary N) is 2. The van der Waals surface area contributed by atoms with Crippen molar-refractivity contribution in [1.82, 2.24) is 0 Å². The summed E-state index contributed by atoms with van der Waals surface area (Å²) in [5.74, 6) is -0.576. The molecule has 0 unspecified atom stereocenters. The van der Waals surface area contributed by atoms with Crippen molar-refractivity contribution in [2.45, 2.75) is 17.7 Å². The van der Waals surface area contributed by atoms with Gasteiger partial charge in [-0.25, -0.2) is 12.8 Å². The van der Waals surface area contributed by atoms with Gasteiger partial charge in [0.05, 0.1) is 4.90 Å². The summed E-state index contributed by atoms with van der Waals surface area (Å²) in [5.41, 5.74) is 2.61. The number of aryl methyl sites for hydroxylation is 1. The molecule has 1 aliphatic heterocycles. The molecule has 1 aliphatic rings. The molecule has 0 atom stereocenters. The van der Waals surface area contributed by atoms with E-state index >= 15 is 0 Å². The van der Waals surface area contributed by atoms with Gasteiger partial charge in [0.15, 0.2) is 0 Å². The lowest BCUT2D eigenvalue weighted by molar-refractivity contribution is 0.595. The van der Waals surface area contributed by atoms with Crippen LogP contribution in [0.15, 0.2) is 47.4 Å². The summed E-state index contributed by atoms with van der Waals surface area (Å²) < 4.78 is 40.1. The Morgan fingerprint density at radius 3 is 2.81 bits per heavy atom. The van der Waals surface area contributed by atoms with E-state index in [1.807, 2.05) is 12.1 Å². The number of halogens is 1. The lowest BCUT2D eigenvalue weighted by Crippen LogP contribution is -2.15. The molecule has 0 spiro atoms. The van der Waals surface area contributed by atoms with E-state index in [9.17, 15) is 12.8 Å². The summed E-state index contributed by atoms with van der Waals surface area (Å²) >= 11 is 0. The first-order chi connectivity index (χ1) is 10.0. The van der Waals surface area contributed by atoms with Crippen LogP contribution in [0.25, 0.3) is 0 Å². The van der Waals surface area contributed by atoms with Crippen molar-refractivity contribution in [3.05, 3.63) is 53.8 Å². The van der Waals surface area contributed by atoms with Crippen LogP contribution in [0.4, 0.5) is 15.8 Å². The van der Waals surface area contributed by atoms with Crippen LogP contribution in [-0.4, -0.2) is 15.0 Å². The number of hydrogen-bond acceptors (Lipinski definition) is 3. The van der Waals surface area contributed by atoms with Crippen molar-refractivity contribution in [3.63, 3.8) is 0 Å². The first kappa shape index (κ1) is 13.9. The van der Waals surface area contributed by atoms with E-state index in [4.69, 9.17) is 0 Å². The summed E-state index contributed by atoms with van der Waals surface area (Å²) in [5, 5.41) is 3.26. The first-order valence-corrected chi connectivity index (χ1v) is 8.18. The van der Waals surface area contributed by atoms with Crippen LogP contribution >= 0.6 is 0 Å². The van der Waals surface area contributed by atoms with Gasteiger partial charge in [-0.3, -0.25) is 4.72 Å². The average Bonchev–Trinajstić information content (AvgIpc) is 2.47. The Kier molecular flexibility index (Phi) is 3.55. The average molecular weight is 306 g/mol. The number of sulfonamides is 1. The highest BCUT2D eigenvalue weighted by molar-refractivity contribution is 7.92. The molecule has 0 bridgehead atoms. The van der Waals surface area contributed by atoms with E-state index in [0.29, 0.717) is 5.69 Å². The maximum Gasteiger partial charge on any atom is 0.261 e. The van der Waals surface area contributed by atoms with E-state index < -0.39 is 15.8 Å². The smallest absolute Gasteiger partial charge is 0.261 e. The van der Waals surface area contributed by atoms with Gasteiger partial charge >= 0.3 is 0 Å². The predicted molar refractivity (Wildman–Crippen MR) is 80.5 cm³/mol. The molecule has 110 valence electrons. The second kappa shape index (κ2) is 5.37. The fraction of sp³-hybridized carbons (Fsp3) is 0.200. The van der Waals surface area contributed by atoms with Crippen molar-refractivity contribution >= 4 is 21.4 Å². The van der Waals surface area contributed by atoms with Gasteiger partial charge in [0, 0.05) is 17.9 Å². The zero-order valence-corrected chi connectivity index (χ0v) is 12.1. The van der Waals surface area contributed by atoms with Crippen molar-refractivity contribution in [2.24, 2.45) is 0 Å². The summed E-state index contributed by atoms with van der Waals surface area (Å²) in [7, 11) is -3.77. The van der Waals surface area contributed by atoms with E-state index in [2.05, 4.69) is 10.0 Å². The number of rotatable bonds is 3. The SMILES string of the molecule is O=S(=O)(Nc1ccc2c(c1)CCCN2)c1cccc(F)c1. The minimum absolute atomic E-state index is 0.0849. The van der Waals surface area contributed by atoms with Crippen molar-refractivity contribution in [3.8, 4) is 0 Å². The second-order valence-corrected chi connectivity index (χ2v) is 6.65. The fourth-order valence-corrected chi connectivity index (χ4v) is 3.47. The lowest BCUT2D eigenvalue weighted by Gasteiger charge is -2.19. The number of hydrogen-bond donors (Lipinski definition) is 2. The molecule has 0 amide bonds. The molecule has 0 aliphatic carbocycles. The third-order valence-corrected chi connectivity index (χ3v) is 4.78. The zero-order valence-electron chi connectivity index (χ0n) is 11.3. The zero-order chi connectivity index (χ0) is 14.9. The molecular weight excluding hydrogens is 291 g/mol. The third-order valence-electron chi connectivity index (χ3n) is 3.40. The van der Waals surface area contributed by atoms with Crippen LogP contribution in [0.3, 0.4) is 0 Å². The predicted octanol–water partition coefficient (Wildman–Crippen LogP) is 2.98. The van der Waals surface area contributed by atoms with Crippen LogP contribution in [0.2, 0.25) is 0 Å². The molecule has 0 fully saturated rings. The Labute approximate surface area is 123 Å². The van der Waals surface area contributed by atoms with Gasteiger partial charge in [-0.05, 0) is 54.8 Å². The monoisotopic (exact) mass is 306 g/mol. The van der Waals surface area contributed by atoms with Crippen molar-refractivity contribution in [2.75, 3.05) is 16.6 Å². The first-order valence-electron chi connectivity index (χ1n) is 6.70. The van der Waals surface area contributed by atoms with Gasteiger partial charge in [-0.2, -0.15) is 0 Å². The van der Waals surface area contributed by atoms with Crippen LogP contribution in [-0.2, 0) is 16.4 Å². The van der Waals surface area contributed by atoms with Crippen molar-refractivity contribution < 1.29 is 12.8 Å². The summed E-state index contributed by atoms with van der Waals surface area (Å²) in [6, 6.07) is 10.3. The van der Waals surface area contributed by atoms with Gasteiger partial charge in [-0.15, -0.1) is 0 Å². The molecule has 0 saturated carbocycles. The van der Waals surface area contributed by atoms with Gasteiger partial charge < -0.3 is 5.32 Å². The number of fused-ring (bicyclic) bond motifs is 1. The molecule has 0 saturated heterocycles. The Hall–Kier alpha value is -2.08. The summed E-state index contributed by atoms with van der Waals surface area (Å²) in [4.78, 5) is -0.0849. The van der Waals surface area contributed by atoms with Crippen LogP contribution < -0.4 is 10.0 Å². The van der Waals surface area contributed by atoms with Gasteiger partial charge in [0.2, 0.25) is 0 Å². The van der Waals surface area contributed by atoms with E-state index in [1.165, 1.54) is 18.2 Å². The van der Waals surface area contributed by atoms with E-state index in [0.717, 1.165) is 36.7 Å². The van der Waals surface area contributed by atoms with Crippen LogP contribution in [0.5, 0.6) is 0 Å². The number of benzene rings is 2. The number of anilines is 2. The van der Waals surface area contributed by atoms with E-state index in [-0.39, 0.29) is 4.90 Å². The maximum absolute atomic E-state index is 13.2. The molecule has 21 heavy (non-hydrogen) atoms. The Bertz CT molecular complexity index is 775. The Morgan fingerprint density at radius 2 is 2.00 bits per heavy atom. The lowest BCUT2D eigenvalue weighted by atomic mass is 10.0. The molecule has 3 rings (SSSR count). The molecule has 1 heterocycles. The highest BCUT2D eigenvalue weighted by Gasteiger charge is 2.16. The Balaban J connectivity index is 1.89. The molecule has 0 radical (unpaired) electrons. The van der Waals surface area contributed by atoms with E-state index in [1.54, 1.807) is 6.07 Å². The van der Waals surface area contributed by atoms with Gasteiger partial charge in [0.25, 0.3) is 10.0 Å². The normalized spacial score (nSPS) is 14.1. The summed E-state index contributed by atoms with van der Waals surface area (Å²) in [6.07, 6.45) is 1.94. The highest BCUT2D eigenvalue weighted by atomic mass is 32.2. The third kappa shape index (κ3) is 3.00. The quantitative estimate of drug-likeness (QED) is 0.916. The van der Waals surface area contributed by atoms with Crippen LogP contribution in [0.1, 0.15) is 12.0 Å². The fourth-order valence-electron chi connectivity index (χ4n) is 2.39. The highest BCUT2D eigenvalue weighted by Crippen LogP contribution is 2.26. The molecule has 6 heteroatoms. The molecule has 4 nitrogen and oxygen atoms in total. The molecule has 2 N–H and O–H groups in total.